The van der Waals surface area contributed by atoms with Gasteiger partial charge in [-0.1, -0.05) is 6.07 Å². The van der Waals surface area contributed by atoms with Crippen molar-refractivity contribution >= 4 is 33.9 Å². The molecule has 0 radical (unpaired) electrons. The third kappa shape index (κ3) is 2.94. The van der Waals surface area contributed by atoms with Crippen LogP contribution in [0, 0.1) is 5.82 Å². The number of sulfonamides is 1. The second-order valence-corrected chi connectivity index (χ2v) is 5.45. The fraction of sp³-hybridized carbons (Fsp3) is 0.100. The number of carbonyl (C=O) groups is 2. The first-order valence-corrected chi connectivity index (χ1v) is 6.59. The molecule has 2 N–H and O–H groups in total. The number of hydrogen-bond acceptors (Lipinski definition) is 4. The molecule has 3 amide bonds. The van der Waals surface area contributed by atoms with Crippen molar-refractivity contribution in [3.05, 3.63) is 30.1 Å². The summed E-state index contributed by atoms with van der Waals surface area (Å²) in [4.78, 5) is 25.3. The third-order valence-electron chi connectivity index (χ3n) is 2.23. The summed E-state index contributed by atoms with van der Waals surface area (Å²) in [5.41, 5.74) is -0.0295. The first-order chi connectivity index (χ1) is 8.88. The van der Waals surface area contributed by atoms with Gasteiger partial charge in [0.1, 0.15) is 5.82 Å². The molecule has 100 valence electrons. The molecule has 1 aliphatic heterocycles. The lowest BCUT2D eigenvalue weighted by Gasteiger charge is -2.16. The van der Waals surface area contributed by atoms with Crippen LogP contribution in [0.25, 0.3) is 0 Å². The largest absolute Gasteiger partial charge is 0.347 e. The van der Waals surface area contributed by atoms with Gasteiger partial charge in [-0.2, -0.15) is 0 Å². The van der Waals surface area contributed by atoms with Gasteiger partial charge in [-0.05, 0) is 18.2 Å². The second kappa shape index (κ2) is 4.76. The Hall–Kier alpha value is -2.29. The lowest BCUT2D eigenvalue weighted by Crippen LogP contribution is -2.48. The van der Waals surface area contributed by atoms with Crippen molar-refractivity contribution < 1.29 is 22.4 Å². The average Bonchev–Trinajstić information content (AvgIpc) is 2.27. The van der Waals surface area contributed by atoms with Gasteiger partial charge in [0.15, 0.2) is 5.25 Å². The molecule has 7 nitrogen and oxygen atoms in total. The Morgan fingerprint density at radius 3 is 2.68 bits per heavy atom. The van der Waals surface area contributed by atoms with Gasteiger partial charge >= 0.3 is 6.03 Å². The quantitative estimate of drug-likeness (QED) is 0.830. The molecular formula is C10H8FN3O4S. The van der Waals surface area contributed by atoms with E-state index >= 15 is 0 Å². The molecule has 0 fully saturated rings. The smallest absolute Gasteiger partial charge is 0.282 e. The van der Waals surface area contributed by atoms with Gasteiger partial charge in [0.25, 0.3) is 5.91 Å². The van der Waals surface area contributed by atoms with Crippen molar-refractivity contribution in [2.45, 2.75) is 5.25 Å². The van der Waals surface area contributed by atoms with Gasteiger partial charge in [-0.25, -0.2) is 22.6 Å². The lowest BCUT2D eigenvalue weighted by atomic mass is 10.3. The molecule has 0 aliphatic carbocycles. The Morgan fingerprint density at radius 2 is 2.05 bits per heavy atom. The summed E-state index contributed by atoms with van der Waals surface area (Å²) in [6.45, 7) is 0. The molecule has 1 aromatic rings. The molecule has 2 rings (SSSR count). The number of aliphatic imine (C=N–C) groups is 1. The Labute approximate surface area is 107 Å². The molecule has 9 heteroatoms. The van der Waals surface area contributed by atoms with E-state index in [9.17, 15) is 22.4 Å². The molecular weight excluding hydrogens is 277 g/mol. The van der Waals surface area contributed by atoms with Gasteiger partial charge < -0.3 is 0 Å². The number of amides is 3. The van der Waals surface area contributed by atoms with E-state index in [1.54, 1.807) is 5.32 Å². The highest BCUT2D eigenvalue weighted by atomic mass is 32.2. The van der Waals surface area contributed by atoms with E-state index in [-0.39, 0.29) is 5.69 Å². The Bertz CT molecular complexity index is 671. The molecule has 19 heavy (non-hydrogen) atoms. The summed E-state index contributed by atoms with van der Waals surface area (Å²) >= 11 is 0. The normalized spacial score (nSPS) is 19.1. The lowest BCUT2D eigenvalue weighted by molar-refractivity contribution is -0.118. The van der Waals surface area contributed by atoms with Crippen molar-refractivity contribution in [2.75, 3.05) is 4.72 Å². The molecule has 0 aromatic heterocycles. The van der Waals surface area contributed by atoms with Gasteiger partial charge in [0, 0.05) is 6.21 Å². The minimum absolute atomic E-state index is 0.0295. The molecule has 1 heterocycles. The summed E-state index contributed by atoms with van der Waals surface area (Å²) in [6, 6.07) is 3.81. The number of benzene rings is 1. The first-order valence-electron chi connectivity index (χ1n) is 5.05. The van der Waals surface area contributed by atoms with Crippen LogP contribution in [0.5, 0.6) is 0 Å². The van der Waals surface area contributed by atoms with E-state index in [2.05, 4.69) is 4.99 Å². The summed E-state index contributed by atoms with van der Waals surface area (Å²) in [6.07, 6.45) is 0.725. The Morgan fingerprint density at radius 1 is 1.32 bits per heavy atom. The van der Waals surface area contributed by atoms with Crippen molar-refractivity contribution in [3.63, 3.8) is 0 Å². The zero-order valence-electron chi connectivity index (χ0n) is 9.33. The molecule has 1 unspecified atom stereocenters. The van der Waals surface area contributed by atoms with Crippen molar-refractivity contribution in [2.24, 2.45) is 4.99 Å². The van der Waals surface area contributed by atoms with E-state index < -0.39 is 33.0 Å². The van der Waals surface area contributed by atoms with Crippen LogP contribution in [0.3, 0.4) is 0 Å². The number of imide groups is 1. The third-order valence-corrected chi connectivity index (χ3v) is 3.76. The monoisotopic (exact) mass is 285 g/mol. The summed E-state index contributed by atoms with van der Waals surface area (Å²) in [5.74, 6) is -1.64. The zero-order valence-corrected chi connectivity index (χ0v) is 10.1. The summed E-state index contributed by atoms with van der Waals surface area (Å²) in [7, 11) is -4.16. The minimum atomic E-state index is -4.16. The molecule has 1 aromatic carbocycles. The van der Waals surface area contributed by atoms with Crippen LogP contribution in [0.2, 0.25) is 0 Å². The predicted molar refractivity (Wildman–Crippen MR) is 64.8 cm³/mol. The van der Waals surface area contributed by atoms with Gasteiger partial charge in [-0.15, -0.1) is 0 Å². The number of urea groups is 1. The van der Waals surface area contributed by atoms with Crippen LogP contribution < -0.4 is 10.0 Å². The zero-order chi connectivity index (χ0) is 14.0. The van der Waals surface area contributed by atoms with Crippen molar-refractivity contribution in [3.8, 4) is 0 Å². The topological polar surface area (TPSA) is 105 Å². The van der Waals surface area contributed by atoms with Gasteiger partial charge in [-0.3, -0.25) is 14.8 Å². The Balaban J connectivity index is 2.26. The van der Waals surface area contributed by atoms with E-state index in [1.165, 1.54) is 12.1 Å². The summed E-state index contributed by atoms with van der Waals surface area (Å²) < 4.78 is 38.7. The molecule has 1 aliphatic rings. The highest BCUT2D eigenvalue weighted by Gasteiger charge is 2.35. The van der Waals surface area contributed by atoms with Crippen LogP contribution in [-0.2, 0) is 14.8 Å². The number of nitrogens with zero attached hydrogens (tertiary/aromatic N) is 1. The van der Waals surface area contributed by atoms with Gasteiger partial charge in [0.05, 0.1) is 5.69 Å². The highest BCUT2D eigenvalue weighted by molar-refractivity contribution is 7.94. The Kier molecular flexibility index (Phi) is 3.30. The van der Waals surface area contributed by atoms with Crippen molar-refractivity contribution in [1.29, 1.82) is 0 Å². The van der Waals surface area contributed by atoms with Crippen LogP contribution in [0.4, 0.5) is 14.9 Å². The second-order valence-electron chi connectivity index (χ2n) is 3.65. The highest BCUT2D eigenvalue weighted by Crippen LogP contribution is 2.14. The minimum Gasteiger partial charge on any atom is -0.282 e. The maximum Gasteiger partial charge on any atom is 0.347 e. The average molecular weight is 285 g/mol. The van der Waals surface area contributed by atoms with E-state index in [0.29, 0.717) is 0 Å². The fourth-order valence-corrected chi connectivity index (χ4v) is 2.56. The maximum absolute atomic E-state index is 12.9. The number of anilines is 1. The molecule has 0 spiro atoms. The number of halogens is 1. The summed E-state index contributed by atoms with van der Waals surface area (Å²) in [5, 5.41) is 0.119. The fourth-order valence-electron chi connectivity index (χ4n) is 1.41. The number of nitrogens with one attached hydrogen (secondary N) is 2. The van der Waals surface area contributed by atoms with Crippen LogP contribution >= 0.6 is 0 Å². The molecule has 0 saturated carbocycles. The predicted octanol–water partition coefficient (Wildman–Crippen LogP) is 0.257. The maximum atomic E-state index is 12.9. The number of carbonyl (C=O) groups excluding carboxylic acids is 2. The number of rotatable bonds is 3. The van der Waals surface area contributed by atoms with E-state index in [0.717, 1.165) is 18.3 Å². The van der Waals surface area contributed by atoms with E-state index in [1.807, 2.05) is 4.72 Å². The molecule has 0 saturated heterocycles. The van der Waals surface area contributed by atoms with Gasteiger partial charge in [0.2, 0.25) is 10.0 Å². The number of hydrogen-bond donors (Lipinski definition) is 2. The van der Waals surface area contributed by atoms with Crippen LogP contribution in [-0.4, -0.2) is 31.8 Å². The molecule has 0 bridgehead atoms. The first kappa shape index (κ1) is 13.1. The van der Waals surface area contributed by atoms with Crippen molar-refractivity contribution in [1.82, 2.24) is 5.32 Å². The van der Waals surface area contributed by atoms with Crippen LogP contribution in [0.1, 0.15) is 0 Å². The van der Waals surface area contributed by atoms with E-state index in [4.69, 9.17) is 0 Å². The van der Waals surface area contributed by atoms with Crippen LogP contribution in [0.15, 0.2) is 29.3 Å². The standard InChI is InChI=1S/C10H8FN3O4S/c11-6-2-1-3-7(4-6)14-19(17,18)8-5-12-10(16)13-9(8)15/h1-5,8,14H,(H,13,15,16). The SMILES string of the molecule is O=C1N=CC(S(=O)(=O)Nc2cccc(F)c2)C(=O)N1. The molecule has 1 atom stereocenters.